The van der Waals surface area contributed by atoms with Crippen LogP contribution < -0.4 is 10.2 Å². The lowest BCUT2D eigenvalue weighted by atomic mass is 10.1. The Labute approximate surface area is 146 Å². The molecule has 2 aromatic rings. The van der Waals surface area contributed by atoms with Crippen molar-refractivity contribution in [2.75, 3.05) is 10.2 Å². The molecule has 6 heteroatoms. The Hall–Kier alpha value is -2.89. The highest BCUT2D eigenvalue weighted by molar-refractivity contribution is 6.04. The maximum absolute atomic E-state index is 14.1. The van der Waals surface area contributed by atoms with Crippen molar-refractivity contribution in [3.8, 4) is 0 Å². The van der Waals surface area contributed by atoms with Crippen LogP contribution in [0.1, 0.15) is 36.7 Å². The normalized spacial score (nSPS) is 11.1. The molecular formula is C19H21FN2O3. The fourth-order valence-corrected chi connectivity index (χ4v) is 2.51. The largest absolute Gasteiger partial charge is 0.465 e. The molecule has 0 saturated heterocycles. The van der Waals surface area contributed by atoms with Crippen LogP contribution in [0.3, 0.4) is 0 Å². The number of carbonyl (C=O) groups is 2. The van der Waals surface area contributed by atoms with Crippen LogP contribution in [0.4, 0.5) is 20.6 Å². The molecule has 2 rings (SSSR count). The minimum Gasteiger partial charge on any atom is -0.465 e. The van der Waals surface area contributed by atoms with Gasteiger partial charge >= 0.3 is 6.09 Å². The van der Waals surface area contributed by atoms with Crippen LogP contribution in [-0.2, 0) is 0 Å². The molecule has 0 aliphatic carbocycles. The molecule has 0 aliphatic rings. The molecule has 132 valence electrons. The third kappa shape index (κ3) is 4.35. The number of rotatable bonds is 3. The Balaban J connectivity index is 2.36. The van der Waals surface area contributed by atoms with E-state index in [4.69, 9.17) is 0 Å². The van der Waals surface area contributed by atoms with Crippen LogP contribution in [0, 0.1) is 12.7 Å². The number of carboxylic acid groups (broad SMARTS) is 1. The summed E-state index contributed by atoms with van der Waals surface area (Å²) in [6.07, 6.45) is -1.16. The van der Waals surface area contributed by atoms with Crippen LogP contribution in [0.5, 0.6) is 0 Å². The molecule has 0 fully saturated rings. The zero-order valence-electron chi connectivity index (χ0n) is 14.6. The van der Waals surface area contributed by atoms with Crippen molar-refractivity contribution in [3.05, 3.63) is 59.4 Å². The first-order valence-corrected chi connectivity index (χ1v) is 7.80. The molecule has 0 heterocycles. The third-order valence-corrected chi connectivity index (χ3v) is 3.60. The first kappa shape index (κ1) is 18.4. The summed E-state index contributed by atoms with van der Waals surface area (Å²) in [6, 6.07) is 10.7. The maximum atomic E-state index is 14.1. The summed E-state index contributed by atoms with van der Waals surface area (Å²) in [7, 11) is 0. The van der Waals surface area contributed by atoms with E-state index in [2.05, 4.69) is 5.32 Å². The average molecular weight is 344 g/mol. The number of hydrogen-bond acceptors (Lipinski definition) is 2. The lowest BCUT2D eigenvalue weighted by molar-refractivity contribution is 0.102. The number of halogens is 1. The SMILES string of the molecule is Cc1cccc(C(=O)Nc2cc(N(C(=O)O)C(C)(C)C)ccc2F)c1. The van der Waals surface area contributed by atoms with Gasteiger partial charge in [-0.25, -0.2) is 9.18 Å². The van der Waals surface area contributed by atoms with E-state index in [-0.39, 0.29) is 11.4 Å². The number of amides is 2. The number of anilines is 2. The van der Waals surface area contributed by atoms with Crippen molar-refractivity contribution in [3.63, 3.8) is 0 Å². The van der Waals surface area contributed by atoms with Crippen molar-refractivity contribution in [2.45, 2.75) is 33.2 Å². The van der Waals surface area contributed by atoms with Crippen LogP contribution in [0.15, 0.2) is 42.5 Å². The summed E-state index contributed by atoms with van der Waals surface area (Å²) < 4.78 is 14.1. The molecule has 0 aromatic heterocycles. The zero-order valence-corrected chi connectivity index (χ0v) is 14.6. The monoisotopic (exact) mass is 344 g/mol. The highest BCUT2D eigenvalue weighted by atomic mass is 19.1. The number of hydrogen-bond donors (Lipinski definition) is 2. The van der Waals surface area contributed by atoms with Gasteiger partial charge in [0.1, 0.15) is 5.82 Å². The summed E-state index contributed by atoms with van der Waals surface area (Å²) in [5.41, 5.74) is 0.796. The summed E-state index contributed by atoms with van der Waals surface area (Å²) in [5.74, 6) is -1.10. The van der Waals surface area contributed by atoms with E-state index in [9.17, 15) is 19.1 Å². The lowest BCUT2D eigenvalue weighted by Crippen LogP contribution is -2.45. The molecule has 0 radical (unpaired) electrons. The number of carbonyl (C=O) groups excluding carboxylic acids is 1. The molecule has 0 aliphatic heterocycles. The van der Waals surface area contributed by atoms with Crippen LogP contribution >= 0.6 is 0 Å². The second-order valence-corrected chi connectivity index (χ2v) is 6.78. The van der Waals surface area contributed by atoms with Crippen molar-refractivity contribution >= 4 is 23.4 Å². The Morgan fingerprint density at radius 1 is 1.12 bits per heavy atom. The molecule has 2 amide bonds. The Bertz CT molecular complexity index is 813. The molecule has 2 aromatic carbocycles. The van der Waals surface area contributed by atoms with Gasteiger partial charge in [-0.3, -0.25) is 9.69 Å². The van der Waals surface area contributed by atoms with Crippen LogP contribution in [-0.4, -0.2) is 22.6 Å². The third-order valence-electron chi connectivity index (χ3n) is 3.60. The first-order valence-electron chi connectivity index (χ1n) is 7.80. The minimum atomic E-state index is -1.16. The highest BCUT2D eigenvalue weighted by Crippen LogP contribution is 2.28. The summed E-state index contributed by atoms with van der Waals surface area (Å²) in [6.45, 7) is 7.05. The maximum Gasteiger partial charge on any atom is 0.412 e. The van der Waals surface area contributed by atoms with Gasteiger partial charge in [-0.2, -0.15) is 0 Å². The minimum absolute atomic E-state index is 0.0699. The van der Waals surface area contributed by atoms with E-state index < -0.39 is 23.4 Å². The molecule has 0 atom stereocenters. The van der Waals surface area contributed by atoms with E-state index in [1.165, 1.54) is 12.1 Å². The van der Waals surface area contributed by atoms with Gasteiger partial charge in [0.05, 0.1) is 5.69 Å². The molecule has 0 spiro atoms. The van der Waals surface area contributed by atoms with Crippen molar-refractivity contribution in [1.29, 1.82) is 0 Å². The van der Waals surface area contributed by atoms with Crippen LogP contribution in [0.2, 0.25) is 0 Å². The first-order chi connectivity index (χ1) is 11.6. The quantitative estimate of drug-likeness (QED) is 0.850. The van der Waals surface area contributed by atoms with Gasteiger partial charge in [0.2, 0.25) is 0 Å². The zero-order chi connectivity index (χ0) is 18.8. The average Bonchev–Trinajstić information content (AvgIpc) is 2.48. The van der Waals surface area contributed by atoms with Gasteiger partial charge in [0.15, 0.2) is 0 Å². The number of nitrogens with zero attached hydrogens (tertiary/aromatic N) is 1. The Morgan fingerprint density at radius 2 is 1.80 bits per heavy atom. The fourth-order valence-electron chi connectivity index (χ4n) is 2.51. The topological polar surface area (TPSA) is 69.6 Å². The van der Waals surface area contributed by atoms with Gasteiger partial charge < -0.3 is 10.4 Å². The van der Waals surface area contributed by atoms with Crippen molar-refractivity contribution < 1.29 is 19.1 Å². The number of aryl methyl sites for hydroxylation is 1. The van der Waals surface area contributed by atoms with E-state index >= 15 is 0 Å². The highest BCUT2D eigenvalue weighted by Gasteiger charge is 2.28. The van der Waals surface area contributed by atoms with Gasteiger partial charge in [0.25, 0.3) is 5.91 Å². The molecule has 0 unspecified atom stereocenters. The lowest BCUT2D eigenvalue weighted by Gasteiger charge is -2.33. The Kier molecular flexibility index (Phi) is 5.11. The van der Waals surface area contributed by atoms with Gasteiger partial charge in [0, 0.05) is 16.8 Å². The van der Waals surface area contributed by atoms with Crippen molar-refractivity contribution in [2.24, 2.45) is 0 Å². The predicted octanol–water partition coefficient (Wildman–Crippen LogP) is 4.67. The molecular weight excluding hydrogens is 323 g/mol. The summed E-state index contributed by atoms with van der Waals surface area (Å²) >= 11 is 0. The number of benzene rings is 2. The molecule has 0 bridgehead atoms. The second kappa shape index (κ2) is 6.93. The predicted molar refractivity (Wildman–Crippen MR) is 95.8 cm³/mol. The smallest absolute Gasteiger partial charge is 0.412 e. The van der Waals surface area contributed by atoms with Crippen LogP contribution in [0.25, 0.3) is 0 Å². The van der Waals surface area contributed by atoms with Gasteiger partial charge in [-0.1, -0.05) is 17.7 Å². The van der Waals surface area contributed by atoms with Gasteiger partial charge in [-0.05, 0) is 58.0 Å². The van der Waals surface area contributed by atoms with E-state index in [0.717, 1.165) is 16.5 Å². The van der Waals surface area contributed by atoms with E-state index in [1.54, 1.807) is 39.0 Å². The molecule has 2 N–H and O–H groups in total. The standard InChI is InChI=1S/C19H21FN2O3/c1-12-6-5-7-13(10-12)17(23)21-16-11-14(8-9-15(16)20)22(18(24)25)19(2,3)4/h5-11H,1-4H3,(H,21,23)(H,24,25). The molecule has 25 heavy (non-hydrogen) atoms. The van der Waals surface area contributed by atoms with Gasteiger partial charge in [-0.15, -0.1) is 0 Å². The Morgan fingerprint density at radius 3 is 2.36 bits per heavy atom. The second-order valence-electron chi connectivity index (χ2n) is 6.78. The van der Waals surface area contributed by atoms with Crippen molar-refractivity contribution in [1.82, 2.24) is 0 Å². The van der Waals surface area contributed by atoms with E-state index in [0.29, 0.717) is 5.56 Å². The fraction of sp³-hybridized carbons (Fsp3) is 0.263. The molecule has 0 saturated carbocycles. The summed E-state index contributed by atoms with van der Waals surface area (Å²) in [4.78, 5) is 25.0. The number of nitrogens with one attached hydrogen (secondary N) is 1. The van der Waals surface area contributed by atoms with E-state index in [1.807, 2.05) is 13.0 Å². The summed E-state index contributed by atoms with van der Waals surface area (Å²) in [5, 5.41) is 12.0. The molecule has 5 nitrogen and oxygen atoms in total.